The number of amides is 1. The van der Waals surface area contributed by atoms with Gasteiger partial charge in [0.15, 0.2) is 0 Å². The van der Waals surface area contributed by atoms with E-state index in [-0.39, 0.29) is 12.1 Å². The van der Waals surface area contributed by atoms with Gasteiger partial charge in [-0.25, -0.2) is 4.79 Å². The molecule has 0 unspecified atom stereocenters. The Hall–Kier alpha value is -1.93. The van der Waals surface area contributed by atoms with Gasteiger partial charge in [0.1, 0.15) is 5.56 Å². The number of aliphatic hydroxyl groups is 1. The predicted octanol–water partition coefficient (Wildman–Crippen LogP) is -1.32. The molecule has 0 atom stereocenters. The molecule has 8 nitrogen and oxygen atoms in total. The Balaban J connectivity index is 2.12. The molecule has 1 amide bonds. The van der Waals surface area contributed by atoms with Gasteiger partial charge >= 0.3 is 5.69 Å². The molecule has 0 spiro atoms. The molecule has 0 aromatic carbocycles. The Morgan fingerprint density at radius 2 is 2.10 bits per heavy atom. The van der Waals surface area contributed by atoms with Crippen LogP contribution in [0, 0.1) is 0 Å². The molecule has 0 saturated carbocycles. The van der Waals surface area contributed by atoms with Gasteiger partial charge in [0.2, 0.25) is 0 Å². The summed E-state index contributed by atoms with van der Waals surface area (Å²) in [6, 6.07) is 0. The second kappa shape index (κ2) is 5.59. The fourth-order valence-corrected chi connectivity index (χ4v) is 2.20. The summed E-state index contributed by atoms with van der Waals surface area (Å²) in [5.41, 5.74) is -2.58. The molecule has 0 aliphatic carbocycles. The first-order valence-corrected chi connectivity index (χ1v) is 6.29. The van der Waals surface area contributed by atoms with Crippen LogP contribution in [0.1, 0.15) is 23.2 Å². The van der Waals surface area contributed by atoms with E-state index < -0.39 is 22.8 Å². The molecule has 0 bridgehead atoms. The van der Waals surface area contributed by atoms with E-state index in [0.717, 1.165) is 6.20 Å². The van der Waals surface area contributed by atoms with Crippen molar-refractivity contribution in [2.24, 2.45) is 0 Å². The molecule has 3 N–H and O–H groups in total. The fourth-order valence-electron chi connectivity index (χ4n) is 2.20. The van der Waals surface area contributed by atoms with E-state index in [2.05, 4.69) is 4.98 Å². The third kappa shape index (κ3) is 3.14. The van der Waals surface area contributed by atoms with Crippen LogP contribution in [-0.2, 0) is 4.74 Å². The van der Waals surface area contributed by atoms with Gasteiger partial charge in [-0.05, 0) is 0 Å². The minimum Gasteiger partial charge on any atom is -0.388 e. The second-order valence-corrected chi connectivity index (χ2v) is 4.98. The smallest absolute Gasteiger partial charge is 0.325 e. The number of aromatic nitrogens is 2. The highest BCUT2D eigenvalue weighted by molar-refractivity contribution is 5.93. The van der Waals surface area contributed by atoms with Crippen molar-refractivity contribution in [3.8, 4) is 0 Å². The summed E-state index contributed by atoms with van der Waals surface area (Å²) in [7, 11) is 1.50. The molecular weight excluding hydrogens is 266 g/mol. The Kier molecular flexibility index (Phi) is 4.05. The number of nitrogens with zero attached hydrogens (tertiary/aromatic N) is 1. The van der Waals surface area contributed by atoms with E-state index >= 15 is 0 Å². The van der Waals surface area contributed by atoms with Gasteiger partial charge in [0.05, 0.1) is 5.60 Å². The molecule has 110 valence electrons. The lowest BCUT2D eigenvalue weighted by Crippen LogP contribution is -2.48. The maximum Gasteiger partial charge on any atom is 0.325 e. The van der Waals surface area contributed by atoms with Crippen LogP contribution in [0.2, 0.25) is 0 Å². The molecule has 1 aromatic rings. The molecule has 1 aliphatic rings. The van der Waals surface area contributed by atoms with E-state index in [0.29, 0.717) is 26.1 Å². The highest BCUT2D eigenvalue weighted by Crippen LogP contribution is 2.21. The SMILES string of the molecule is CN(CC1(O)CCOCC1)C(=O)c1c[nH]c(=O)[nH]c1=O. The quantitative estimate of drug-likeness (QED) is 0.636. The highest BCUT2D eigenvalue weighted by Gasteiger charge is 2.33. The molecule has 0 radical (unpaired) electrons. The summed E-state index contributed by atoms with van der Waals surface area (Å²) in [4.78, 5) is 40.1. The number of H-pyrrole nitrogens is 2. The molecule has 1 aliphatic heterocycles. The lowest BCUT2D eigenvalue weighted by Gasteiger charge is -2.35. The zero-order valence-electron chi connectivity index (χ0n) is 11.1. The molecule has 2 rings (SSSR count). The highest BCUT2D eigenvalue weighted by atomic mass is 16.5. The van der Waals surface area contributed by atoms with Gasteiger partial charge in [-0.1, -0.05) is 0 Å². The first-order chi connectivity index (χ1) is 9.41. The summed E-state index contributed by atoms with van der Waals surface area (Å²) < 4.78 is 5.17. The zero-order chi connectivity index (χ0) is 14.8. The number of hydrogen-bond acceptors (Lipinski definition) is 5. The number of nitrogens with one attached hydrogen (secondary N) is 2. The van der Waals surface area contributed by atoms with E-state index in [1.54, 1.807) is 0 Å². The number of likely N-dealkylation sites (N-methyl/N-ethyl adjacent to an activating group) is 1. The Morgan fingerprint density at radius 3 is 2.70 bits per heavy atom. The summed E-state index contributed by atoms with van der Waals surface area (Å²) in [6.45, 7) is 0.989. The van der Waals surface area contributed by atoms with E-state index in [9.17, 15) is 19.5 Å². The maximum atomic E-state index is 12.1. The van der Waals surface area contributed by atoms with Crippen molar-refractivity contribution in [2.45, 2.75) is 18.4 Å². The molecule has 2 heterocycles. The molecule has 20 heavy (non-hydrogen) atoms. The van der Waals surface area contributed by atoms with Crippen LogP contribution in [0.15, 0.2) is 15.8 Å². The Bertz CT molecular complexity index is 600. The van der Waals surface area contributed by atoms with Crippen LogP contribution in [0.25, 0.3) is 0 Å². The third-order valence-corrected chi connectivity index (χ3v) is 3.35. The van der Waals surface area contributed by atoms with Crippen molar-refractivity contribution in [1.29, 1.82) is 0 Å². The summed E-state index contributed by atoms with van der Waals surface area (Å²) in [5, 5.41) is 10.3. The van der Waals surface area contributed by atoms with Crippen LogP contribution in [0.4, 0.5) is 0 Å². The largest absolute Gasteiger partial charge is 0.388 e. The van der Waals surface area contributed by atoms with Crippen molar-refractivity contribution in [2.75, 3.05) is 26.8 Å². The summed E-state index contributed by atoms with van der Waals surface area (Å²) >= 11 is 0. The molecular formula is C12H17N3O5. The summed E-state index contributed by atoms with van der Waals surface area (Å²) in [5.74, 6) is -0.553. The van der Waals surface area contributed by atoms with E-state index in [1.807, 2.05) is 4.98 Å². The standard InChI is InChI=1S/C12H17N3O5/c1-15(7-12(19)2-4-20-5-3-12)10(17)8-6-13-11(18)14-9(8)16/h6,19H,2-5,7H2,1H3,(H2,13,14,16,18). The van der Waals surface area contributed by atoms with Crippen LogP contribution in [-0.4, -0.2) is 58.3 Å². The van der Waals surface area contributed by atoms with Crippen LogP contribution < -0.4 is 11.2 Å². The van der Waals surface area contributed by atoms with Crippen LogP contribution >= 0.6 is 0 Å². The molecule has 1 aromatic heterocycles. The zero-order valence-corrected chi connectivity index (χ0v) is 11.1. The first-order valence-electron chi connectivity index (χ1n) is 6.29. The average molecular weight is 283 g/mol. The van der Waals surface area contributed by atoms with Gasteiger partial charge in [-0.2, -0.15) is 0 Å². The number of carbonyl (C=O) groups excluding carboxylic acids is 1. The first kappa shape index (κ1) is 14.5. The lowest BCUT2D eigenvalue weighted by atomic mass is 9.94. The topological polar surface area (TPSA) is 115 Å². The maximum absolute atomic E-state index is 12.1. The average Bonchev–Trinajstić information content (AvgIpc) is 2.38. The van der Waals surface area contributed by atoms with Crippen molar-refractivity contribution < 1.29 is 14.6 Å². The van der Waals surface area contributed by atoms with Crippen LogP contribution in [0.5, 0.6) is 0 Å². The second-order valence-electron chi connectivity index (χ2n) is 4.98. The van der Waals surface area contributed by atoms with Gasteiger partial charge in [-0.3, -0.25) is 14.6 Å². The number of hydrogen-bond donors (Lipinski definition) is 3. The van der Waals surface area contributed by atoms with Gasteiger partial charge < -0.3 is 19.7 Å². The van der Waals surface area contributed by atoms with Crippen molar-refractivity contribution in [1.82, 2.24) is 14.9 Å². The van der Waals surface area contributed by atoms with Crippen molar-refractivity contribution in [3.05, 3.63) is 32.6 Å². The van der Waals surface area contributed by atoms with Gasteiger partial charge in [0, 0.05) is 45.8 Å². The number of carbonyl (C=O) groups is 1. The van der Waals surface area contributed by atoms with Gasteiger partial charge in [0.25, 0.3) is 11.5 Å². The van der Waals surface area contributed by atoms with E-state index in [1.165, 1.54) is 11.9 Å². The number of aromatic amines is 2. The van der Waals surface area contributed by atoms with Crippen LogP contribution in [0.3, 0.4) is 0 Å². The number of ether oxygens (including phenoxy) is 1. The molecule has 1 fully saturated rings. The van der Waals surface area contributed by atoms with Gasteiger partial charge in [-0.15, -0.1) is 0 Å². The van der Waals surface area contributed by atoms with Crippen molar-refractivity contribution >= 4 is 5.91 Å². The Labute approximate surface area is 114 Å². The van der Waals surface area contributed by atoms with E-state index in [4.69, 9.17) is 4.74 Å². The number of rotatable bonds is 3. The van der Waals surface area contributed by atoms with Crippen molar-refractivity contribution in [3.63, 3.8) is 0 Å². The molecule has 8 heteroatoms. The summed E-state index contributed by atoms with van der Waals surface area (Å²) in [6.07, 6.45) is 1.95. The molecule has 1 saturated heterocycles. The minimum atomic E-state index is -1.00. The third-order valence-electron chi connectivity index (χ3n) is 3.35. The minimum absolute atomic E-state index is 0.105. The Morgan fingerprint density at radius 1 is 1.45 bits per heavy atom. The predicted molar refractivity (Wildman–Crippen MR) is 69.6 cm³/mol. The lowest BCUT2D eigenvalue weighted by molar-refractivity contribution is -0.0734. The monoisotopic (exact) mass is 283 g/mol. The fraction of sp³-hybridized carbons (Fsp3) is 0.583. The normalized spacial score (nSPS) is 17.7.